The third-order valence-electron chi connectivity index (χ3n) is 18.5. The minimum Gasteiger partial charge on any atom is -0.462 e. The zero-order valence-corrected chi connectivity index (χ0v) is 40.9. The lowest BCUT2D eigenvalue weighted by Gasteiger charge is -2.55. The topological polar surface area (TPSA) is 26.3 Å². The molecule has 61 heavy (non-hydrogen) atoms. The molecular weight excluding hydrogens is 741 g/mol. The Hall–Kier alpha value is -0.790. The van der Waals surface area contributed by atoms with Crippen molar-refractivity contribution in [3.63, 3.8) is 0 Å². The van der Waals surface area contributed by atoms with Gasteiger partial charge in [-0.1, -0.05) is 237 Å². The molecule has 6 aliphatic rings. The molecule has 2 nitrogen and oxygen atoms in total. The second-order valence-electron chi connectivity index (χ2n) is 22.9. The predicted octanol–water partition coefficient (Wildman–Crippen LogP) is 19.3. The van der Waals surface area contributed by atoms with Crippen LogP contribution in [-0.4, -0.2) is 12.6 Å². The summed E-state index contributed by atoms with van der Waals surface area (Å²) in [6.45, 7) is 0.695. The summed E-state index contributed by atoms with van der Waals surface area (Å²) in [6.07, 6.45) is 66.4. The van der Waals surface area contributed by atoms with Crippen molar-refractivity contribution in [3.8, 4) is 0 Å². The van der Waals surface area contributed by atoms with Gasteiger partial charge in [-0.15, -0.1) is 0 Å². The van der Waals surface area contributed by atoms with Crippen LogP contribution in [0.15, 0.2) is 11.1 Å². The van der Waals surface area contributed by atoms with Crippen molar-refractivity contribution in [1.82, 2.24) is 0 Å². The monoisotopic (exact) mass is 845 g/mol. The SMILES string of the molecule is O=C(OCC1CCCCCCCC1)C(=C(C1CCCCCCCC1)C1CCCCCCCC1)C(C1CCCCCCCC1)(C1CCCCCCCC1)C1CCCCCCCC1. The molecule has 6 aliphatic carbocycles. The summed E-state index contributed by atoms with van der Waals surface area (Å²) in [6, 6.07) is 0. The first kappa shape index (κ1) is 49.6. The van der Waals surface area contributed by atoms with Gasteiger partial charge in [-0.05, 0) is 113 Å². The van der Waals surface area contributed by atoms with E-state index in [9.17, 15) is 0 Å². The van der Waals surface area contributed by atoms with Crippen LogP contribution in [0.1, 0.15) is 308 Å². The van der Waals surface area contributed by atoms with Crippen LogP contribution < -0.4 is 0 Å². The molecule has 6 saturated carbocycles. The van der Waals surface area contributed by atoms with Gasteiger partial charge in [-0.2, -0.15) is 0 Å². The van der Waals surface area contributed by atoms with E-state index in [1.807, 2.05) is 0 Å². The molecule has 0 bridgehead atoms. The number of hydrogen-bond donors (Lipinski definition) is 0. The maximum absolute atomic E-state index is 16.7. The fourth-order valence-electron chi connectivity index (χ4n) is 15.3. The molecule has 0 aromatic rings. The van der Waals surface area contributed by atoms with E-state index in [2.05, 4.69) is 0 Å². The van der Waals surface area contributed by atoms with E-state index in [-0.39, 0.29) is 11.4 Å². The standard InChI is InChI=1S/C59H104O2/c60-58(61-49-50-37-25-13-1-2-14-26-38-50)57(56(51-39-27-15-3-4-16-28-40-51)52-41-29-17-5-6-18-30-42-52)59(53-43-31-19-7-8-20-32-44-53,54-45-33-21-9-10-22-34-46-54)55-47-35-23-11-12-24-36-48-55/h50-55H,1-49H2. The second-order valence-corrected chi connectivity index (χ2v) is 22.9. The van der Waals surface area contributed by atoms with E-state index in [1.165, 1.54) is 314 Å². The van der Waals surface area contributed by atoms with Crippen molar-refractivity contribution >= 4 is 5.97 Å². The normalized spacial score (nSPS) is 26.2. The first-order valence-electron chi connectivity index (χ1n) is 29.2. The molecular formula is C59H104O2. The first-order chi connectivity index (χ1) is 30.3. The van der Waals surface area contributed by atoms with Gasteiger partial charge in [0.2, 0.25) is 0 Å². The highest BCUT2D eigenvalue weighted by atomic mass is 16.5. The van der Waals surface area contributed by atoms with Gasteiger partial charge < -0.3 is 4.74 Å². The Labute approximate surface area is 380 Å². The van der Waals surface area contributed by atoms with Gasteiger partial charge in [0.1, 0.15) is 0 Å². The van der Waals surface area contributed by atoms with E-state index >= 15 is 4.79 Å². The quantitative estimate of drug-likeness (QED) is 0.171. The Morgan fingerprint density at radius 2 is 0.541 bits per heavy atom. The Balaban J connectivity index is 1.62. The lowest BCUT2D eigenvalue weighted by atomic mass is 9.48. The molecule has 0 saturated heterocycles. The molecule has 0 N–H and O–H groups in total. The number of allylic oxidation sites excluding steroid dienone is 1. The van der Waals surface area contributed by atoms with Gasteiger partial charge in [0.15, 0.2) is 0 Å². The molecule has 6 fully saturated rings. The van der Waals surface area contributed by atoms with E-state index in [0.29, 0.717) is 42.1 Å². The van der Waals surface area contributed by atoms with Crippen molar-refractivity contribution in [1.29, 1.82) is 0 Å². The molecule has 0 aromatic heterocycles. The molecule has 352 valence electrons. The number of carbonyl (C=O) groups is 1. The zero-order valence-electron chi connectivity index (χ0n) is 40.9. The van der Waals surface area contributed by atoms with Crippen LogP contribution in [0.5, 0.6) is 0 Å². The van der Waals surface area contributed by atoms with Crippen LogP contribution in [-0.2, 0) is 9.53 Å². The average Bonchev–Trinajstić information content (AvgIpc) is 3.74. The number of rotatable bonds is 9. The molecule has 0 heterocycles. The van der Waals surface area contributed by atoms with E-state index in [1.54, 1.807) is 5.57 Å². The Morgan fingerprint density at radius 3 is 0.820 bits per heavy atom. The van der Waals surface area contributed by atoms with Gasteiger partial charge in [-0.3, -0.25) is 0 Å². The van der Waals surface area contributed by atoms with Crippen LogP contribution in [0.25, 0.3) is 0 Å². The van der Waals surface area contributed by atoms with Crippen molar-refractivity contribution in [2.75, 3.05) is 6.61 Å². The summed E-state index contributed by atoms with van der Waals surface area (Å²) in [7, 11) is 0. The van der Waals surface area contributed by atoms with Crippen LogP contribution in [0.2, 0.25) is 0 Å². The lowest BCUT2D eigenvalue weighted by molar-refractivity contribution is -0.145. The van der Waals surface area contributed by atoms with Crippen LogP contribution >= 0.6 is 0 Å². The van der Waals surface area contributed by atoms with Gasteiger partial charge in [0.05, 0.1) is 6.61 Å². The Bertz CT molecular complexity index is 1040. The van der Waals surface area contributed by atoms with Crippen molar-refractivity contribution < 1.29 is 9.53 Å². The molecule has 0 atom stereocenters. The highest BCUT2D eigenvalue weighted by Gasteiger charge is 2.56. The minimum atomic E-state index is -0.0271. The summed E-state index contributed by atoms with van der Waals surface area (Å²) in [4.78, 5) is 16.7. The minimum absolute atomic E-state index is 0.0271. The second kappa shape index (κ2) is 29.7. The van der Waals surface area contributed by atoms with Gasteiger partial charge in [0.25, 0.3) is 0 Å². The molecule has 2 heteroatoms. The maximum atomic E-state index is 16.7. The molecule has 0 amide bonds. The van der Waals surface area contributed by atoms with E-state index in [0.717, 1.165) is 0 Å². The van der Waals surface area contributed by atoms with Crippen LogP contribution in [0.4, 0.5) is 0 Å². The number of carbonyl (C=O) groups excluding carboxylic acids is 1. The summed E-state index contributed by atoms with van der Waals surface area (Å²) < 4.78 is 7.33. The summed E-state index contributed by atoms with van der Waals surface area (Å²) in [5.74, 6) is 3.90. The highest BCUT2D eigenvalue weighted by molar-refractivity contribution is 5.91. The predicted molar refractivity (Wildman–Crippen MR) is 263 cm³/mol. The van der Waals surface area contributed by atoms with E-state index < -0.39 is 0 Å². The van der Waals surface area contributed by atoms with Crippen molar-refractivity contribution in [2.24, 2.45) is 40.9 Å². The maximum Gasteiger partial charge on any atom is 0.334 e. The molecule has 0 radical (unpaired) electrons. The first-order valence-corrected chi connectivity index (χ1v) is 29.2. The van der Waals surface area contributed by atoms with Gasteiger partial charge >= 0.3 is 5.97 Å². The van der Waals surface area contributed by atoms with Crippen LogP contribution in [0.3, 0.4) is 0 Å². The molecule has 0 aliphatic heterocycles. The average molecular weight is 845 g/mol. The smallest absolute Gasteiger partial charge is 0.334 e. The summed E-state index contributed by atoms with van der Waals surface area (Å²) in [5, 5.41) is 0. The summed E-state index contributed by atoms with van der Waals surface area (Å²) >= 11 is 0. The molecule has 0 unspecified atom stereocenters. The molecule has 0 aromatic carbocycles. The summed E-state index contributed by atoms with van der Waals surface area (Å²) in [5.41, 5.74) is 3.23. The Morgan fingerprint density at radius 1 is 0.311 bits per heavy atom. The van der Waals surface area contributed by atoms with Crippen molar-refractivity contribution in [3.05, 3.63) is 11.1 Å². The van der Waals surface area contributed by atoms with Crippen molar-refractivity contribution in [2.45, 2.75) is 308 Å². The van der Waals surface area contributed by atoms with Crippen LogP contribution in [0, 0.1) is 40.9 Å². The largest absolute Gasteiger partial charge is 0.462 e. The number of esters is 1. The van der Waals surface area contributed by atoms with Gasteiger partial charge in [0, 0.05) is 11.0 Å². The van der Waals surface area contributed by atoms with E-state index in [4.69, 9.17) is 4.74 Å². The molecule has 0 spiro atoms. The number of ether oxygens (including phenoxy) is 1. The zero-order chi connectivity index (χ0) is 42.1. The van der Waals surface area contributed by atoms with Gasteiger partial charge in [-0.25, -0.2) is 4.79 Å². The third kappa shape index (κ3) is 16.0. The Kier molecular flexibility index (Phi) is 24.2. The fraction of sp³-hybridized carbons (Fsp3) is 0.949. The third-order valence-corrected chi connectivity index (χ3v) is 18.5. The lowest BCUT2D eigenvalue weighted by Crippen LogP contribution is -2.50. The fourth-order valence-corrected chi connectivity index (χ4v) is 15.3. The highest BCUT2D eigenvalue weighted by Crippen LogP contribution is 2.61. The molecule has 6 rings (SSSR count). The number of hydrogen-bond acceptors (Lipinski definition) is 2.